The van der Waals surface area contributed by atoms with Crippen LogP contribution in [-0.2, 0) is 9.59 Å². The lowest BCUT2D eigenvalue weighted by Crippen LogP contribution is -2.11. The van der Waals surface area contributed by atoms with Gasteiger partial charge in [0.1, 0.15) is 6.04 Å². The number of nitrogens with zero attached hydrogens (tertiary/aromatic N) is 2. The molecule has 0 amide bonds. The van der Waals surface area contributed by atoms with Crippen molar-refractivity contribution in [3.05, 3.63) is 0 Å². The van der Waals surface area contributed by atoms with Gasteiger partial charge in [-0.25, -0.2) is 0 Å². The maximum Gasteiger partial charge on any atom is 0.179 e. The number of ketones is 2. The summed E-state index contributed by atoms with van der Waals surface area (Å²) in [6.45, 7) is 4.53. The quantitative estimate of drug-likeness (QED) is 0.341. The van der Waals surface area contributed by atoms with Gasteiger partial charge in [-0.3, -0.25) is 9.59 Å². The Morgan fingerprint density at radius 3 is 2.00 bits per heavy atom. The zero-order valence-corrected chi connectivity index (χ0v) is 9.40. The SMILES string of the molecule is CC(=O)C(C)N=NC(I)C(C)=O. The van der Waals surface area contributed by atoms with Crippen molar-refractivity contribution in [1.29, 1.82) is 0 Å². The number of rotatable bonds is 4. The van der Waals surface area contributed by atoms with E-state index in [0.29, 0.717) is 0 Å². The van der Waals surface area contributed by atoms with Crippen LogP contribution in [0.1, 0.15) is 20.8 Å². The van der Waals surface area contributed by atoms with E-state index in [-0.39, 0.29) is 11.6 Å². The molecule has 68 valence electrons. The highest BCUT2D eigenvalue weighted by Gasteiger charge is 2.09. The highest BCUT2D eigenvalue weighted by molar-refractivity contribution is 14.1. The monoisotopic (exact) mass is 282 g/mol. The van der Waals surface area contributed by atoms with Crippen molar-refractivity contribution in [2.45, 2.75) is 30.9 Å². The summed E-state index contributed by atoms with van der Waals surface area (Å²) >= 11 is 1.87. The summed E-state index contributed by atoms with van der Waals surface area (Å²) < 4.78 is -0.468. The summed E-state index contributed by atoms with van der Waals surface area (Å²) in [7, 11) is 0. The van der Waals surface area contributed by atoms with E-state index in [2.05, 4.69) is 10.2 Å². The number of carbonyl (C=O) groups is 2. The Morgan fingerprint density at radius 1 is 1.17 bits per heavy atom. The molecule has 12 heavy (non-hydrogen) atoms. The molecule has 0 aliphatic carbocycles. The molecule has 5 heteroatoms. The van der Waals surface area contributed by atoms with Crippen LogP contribution in [0.3, 0.4) is 0 Å². The molecule has 2 unspecified atom stereocenters. The van der Waals surface area contributed by atoms with Gasteiger partial charge in [0.2, 0.25) is 0 Å². The minimum absolute atomic E-state index is 0.0501. The Labute approximate surface area is 85.0 Å². The van der Waals surface area contributed by atoms with E-state index < -0.39 is 10.1 Å². The second kappa shape index (κ2) is 5.34. The second-order valence-corrected chi connectivity index (χ2v) is 3.64. The Hall–Kier alpha value is -0.330. The fourth-order valence-electron chi connectivity index (χ4n) is 0.321. The van der Waals surface area contributed by atoms with Crippen LogP contribution in [0.25, 0.3) is 0 Å². The molecule has 2 atom stereocenters. The zero-order chi connectivity index (χ0) is 9.72. The van der Waals surface area contributed by atoms with Crippen molar-refractivity contribution in [2.75, 3.05) is 0 Å². The smallest absolute Gasteiger partial charge is 0.179 e. The van der Waals surface area contributed by atoms with Gasteiger partial charge in [0, 0.05) is 0 Å². The molecule has 4 nitrogen and oxygen atoms in total. The lowest BCUT2D eigenvalue weighted by molar-refractivity contribution is -0.118. The number of alkyl halides is 1. The van der Waals surface area contributed by atoms with Crippen molar-refractivity contribution in [3.8, 4) is 0 Å². The third kappa shape index (κ3) is 4.53. The first kappa shape index (κ1) is 11.7. The topological polar surface area (TPSA) is 58.9 Å². The molecule has 0 aromatic heterocycles. The molecule has 0 aliphatic rings. The predicted molar refractivity (Wildman–Crippen MR) is 53.5 cm³/mol. The van der Waals surface area contributed by atoms with E-state index >= 15 is 0 Å². The lowest BCUT2D eigenvalue weighted by atomic mass is 10.3. The normalized spacial score (nSPS) is 16.0. The number of azo groups is 1. The van der Waals surface area contributed by atoms with Crippen LogP contribution in [0.4, 0.5) is 0 Å². The molecule has 0 radical (unpaired) electrons. The summed E-state index contributed by atoms with van der Waals surface area (Å²) in [5, 5.41) is 7.38. The summed E-state index contributed by atoms with van der Waals surface area (Å²) in [6, 6.07) is -0.443. The molecular weight excluding hydrogens is 271 g/mol. The third-order valence-corrected chi connectivity index (χ3v) is 2.39. The Kier molecular flexibility index (Phi) is 5.19. The molecule has 0 aromatic rings. The summed E-state index contributed by atoms with van der Waals surface area (Å²) in [5.74, 6) is -0.110. The van der Waals surface area contributed by atoms with Crippen molar-refractivity contribution in [1.82, 2.24) is 0 Å². The fourth-order valence-corrected chi connectivity index (χ4v) is 0.465. The molecule has 0 aromatic carbocycles. The highest BCUT2D eigenvalue weighted by atomic mass is 127. The van der Waals surface area contributed by atoms with Crippen molar-refractivity contribution in [2.24, 2.45) is 10.2 Å². The Balaban J connectivity index is 4.06. The second-order valence-electron chi connectivity index (χ2n) is 2.46. The van der Waals surface area contributed by atoms with Gasteiger partial charge in [0.05, 0.1) is 0 Å². The molecule has 0 saturated heterocycles. The van der Waals surface area contributed by atoms with Gasteiger partial charge >= 0.3 is 0 Å². The van der Waals surface area contributed by atoms with Crippen molar-refractivity contribution in [3.63, 3.8) is 0 Å². The van der Waals surface area contributed by atoms with Gasteiger partial charge in [-0.15, -0.1) is 0 Å². The van der Waals surface area contributed by atoms with Gasteiger partial charge < -0.3 is 0 Å². The Bertz CT molecular complexity index is 193. The van der Waals surface area contributed by atoms with Crippen LogP contribution >= 0.6 is 22.6 Å². The maximum absolute atomic E-state index is 10.7. The minimum atomic E-state index is -0.468. The van der Waals surface area contributed by atoms with E-state index in [4.69, 9.17) is 0 Å². The molecule has 0 saturated carbocycles. The average molecular weight is 282 g/mol. The van der Waals surface area contributed by atoms with Crippen LogP contribution in [0.15, 0.2) is 10.2 Å². The highest BCUT2D eigenvalue weighted by Crippen LogP contribution is 2.05. The van der Waals surface area contributed by atoms with Gasteiger partial charge in [-0.1, -0.05) is 0 Å². The van der Waals surface area contributed by atoms with Crippen LogP contribution in [-0.4, -0.2) is 21.7 Å². The van der Waals surface area contributed by atoms with Crippen LogP contribution < -0.4 is 0 Å². The maximum atomic E-state index is 10.7. The number of hydrogen-bond acceptors (Lipinski definition) is 4. The fraction of sp³-hybridized carbons (Fsp3) is 0.714. The number of carbonyl (C=O) groups excluding carboxylic acids is 2. The number of halogens is 1. The molecule has 0 aliphatic heterocycles. The summed E-state index contributed by atoms with van der Waals surface area (Å²) in [5.41, 5.74) is 0. The molecule has 0 bridgehead atoms. The summed E-state index contributed by atoms with van der Waals surface area (Å²) in [4.78, 5) is 21.4. The number of hydrogen-bond donors (Lipinski definition) is 0. The van der Waals surface area contributed by atoms with Crippen LogP contribution in [0, 0.1) is 0 Å². The van der Waals surface area contributed by atoms with Crippen molar-refractivity contribution < 1.29 is 9.59 Å². The summed E-state index contributed by atoms with van der Waals surface area (Å²) in [6.07, 6.45) is 0. The number of Topliss-reactive ketones (excluding diaryl/α,β-unsaturated/α-hetero) is 2. The first-order valence-electron chi connectivity index (χ1n) is 3.50. The molecule has 0 fully saturated rings. The van der Waals surface area contributed by atoms with E-state index in [1.807, 2.05) is 22.6 Å². The Morgan fingerprint density at radius 2 is 1.67 bits per heavy atom. The first-order valence-corrected chi connectivity index (χ1v) is 4.74. The lowest BCUT2D eigenvalue weighted by Gasteiger charge is -1.99. The first-order chi connectivity index (χ1) is 5.45. The van der Waals surface area contributed by atoms with Gasteiger partial charge in [0.25, 0.3) is 0 Å². The van der Waals surface area contributed by atoms with Gasteiger partial charge in [-0.2, -0.15) is 10.2 Å². The molecule has 0 heterocycles. The standard InChI is InChI=1S/C7H11IN2O2/c1-4(5(2)11)9-10-7(8)6(3)12/h4,7H,1-3H3. The molecule has 0 N–H and O–H groups in total. The molecular formula is C7H11IN2O2. The zero-order valence-electron chi connectivity index (χ0n) is 7.24. The van der Waals surface area contributed by atoms with Crippen LogP contribution in [0.5, 0.6) is 0 Å². The van der Waals surface area contributed by atoms with Gasteiger partial charge in [0.15, 0.2) is 15.6 Å². The minimum Gasteiger partial charge on any atom is -0.298 e. The van der Waals surface area contributed by atoms with E-state index in [1.165, 1.54) is 13.8 Å². The predicted octanol–water partition coefficient (Wildman–Crippen LogP) is 1.77. The van der Waals surface area contributed by atoms with Crippen LogP contribution in [0.2, 0.25) is 0 Å². The largest absolute Gasteiger partial charge is 0.298 e. The molecule has 0 rings (SSSR count). The average Bonchev–Trinajstić information content (AvgIpc) is 1.98. The van der Waals surface area contributed by atoms with E-state index in [0.717, 1.165) is 0 Å². The van der Waals surface area contributed by atoms with Gasteiger partial charge in [-0.05, 0) is 43.4 Å². The molecule has 0 spiro atoms. The third-order valence-electron chi connectivity index (χ3n) is 1.27. The van der Waals surface area contributed by atoms with E-state index in [9.17, 15) is 9.59 Å². The van der Waals surface area contributed by atoms with Crippen molar-refractivity contribution >= 4 is 34.2 Å². The van der Waals surface area contributed by atoms with E-state index in [1.54, 1.807) is 6.92 Å².